The van der Waals surface area contributed by atoms with Crippen LogP contribution >= 0.6 is 23.2 Å². The number of halogens is 3. The highest BCUT2D eigenvalue weighted by Crippen LogP contribution is 2.31. The Bertz CT molecular complexity index is 895. The van der Waals surface area contributed by atoms with Crippen molar-refractivity contribution in [3.8, 4) is 0 Å². The molecule has 0 saturated heterocycles. The van der Waals surface area contributed by atoms with Gasteiger partial charge >= 0.3 is 5.97 Å². The molecule has 0 saturated carbocycles. The molecule has 0 bridgehead atoms. The maximum atomic E-state index is 13.4. The third kappa shape index (κ3) is 2.58. The van der Waals surface area contributed by atoms with Crippen LogP contribution in [0, 0.1) is 5.82 Å². The second-order valence-corrected chi connectivity index (χ2v) is 5.25. The summed E-state index contributed by atoms with van der Waals surface area (Å²) in [6.45, 7) is 0. The van der Waals surface area contributed by atoms with Gasteiger partial charge in [0.15, 0.2) is 0 Å². The summed E-state index contributed by atoms with van der Waals surface area (Å²) < 4.78 is 13.4. The number of aromatic carboxylic acids is 1. The molecule has 0 amide bonds. The third-order valence-corrected chi connectivity index (χ3v) is 3.81. The number of hydrogen-bond acceptors (Lipinski definition) is 3. The first-order valence-corrected chi connectivity index (χ1v) is 6.85. The van der Waals surface area contributed by atoms with Gasteiger partial charge in [-0.1, -0.05) is 29.3 Å². The molecule has 0 aliphatic carbocycles. The van der Waals surface area contributed by atoms with Gasteiger partial charge < -0.3 is 15.4 Å². The van der Waals surface area contributed by atoms with E-state index in [4.69, 9.17) is 28.3 Å². The number of imidazole rings is 1. The van der Waals surface area contributed by atoms with E-state index >= 15 is 0 Å². The highest BCUT2D eigenvalue weighted by atomic mass is 35.5. The number of aromatic nitrogens is 2. The molecule has 8 heteroatoms. The zero-order valence-electron chi connectivity index (χ0n) is 10.8. The van der Waals surface area contributed by atoms with E-state index in [0.29, 0.717) is 15.7 Å². The molecule has 0 spiro atoms. The van der Waals surface area contributed by atoms with Crippen LogP contribution in [0.1, 0.15) is 10.4 Å². The van der Waals surface area contributed by atoms with Gasteiger partial charge in [-0.05, 0) is 18.2 Å². The van der Waals surface area contributed by atoms with Crippen molar-refractivity contribution in [2.75, 3.05) is 5.32 Å². The summed E-state index contributed by atoms with van der Waals surface area (Å²) in [4.78, 5) is 18.1. The molecule has 1 heterocycles. The first-order chi connectivity index (χ1) is 10.5. The number of fused-ring (bicyclic) bond motifs is 1. The standard InChI is InChI=1S/C14H8Cl2FN3O2/c15-8-2-1-3-9(11(8)16)18-14-19-10-5-6(17)4-7(13(21)22)12(10)20-14/h1-5H,(H,21,22)(H2,18,19,20). The Morgan fingerprint density at radius 2 is 2.09 bits per heavy atom. The summed E-state index contributed by atoms with van der Waals surface area (Å²) >= 11 is 12.0. The molecule has 0 fully saturated rings. The van der Waals surface area contributed by atoms with Gasteiger partial charge in [-0.15, -0.1) is 0 Å². The van der Waals surface area contributed by atoms with Crippen LogP contribution in [0.25, 0.3) is 11.0 Å². The molecule has 3 N–H and O–H groups in total. The summed E-state index contributed by atoms with van der Waals surface area (Å²) in [5, 5.41) is 12.7. The average Bonchev–Trinajstić information content (AvgIpc) is 2.85. The largest absolute Gasteiger partial charge is 0.478 e. The maximum absolute atomic E-state index is 13.4. The second-order valence-electron chi connectivity index (χ2n) is 4.46. The monoisotopic (exact) mass is 339 g/mol. The van der Waals surface area contributed by atoms with Crippen molar-refractivity contribution in [1.29, 1.82) is 0 Å². The highest BCUT2D eigenvalue weighted by Gasteiger charge is 2.15. The maximum Gasteiger partial charge on any atom is 0.338 e. The van der Waals surface area contributed by atoms with Crippen molar-refractivity contribution >= 4 is 51.8 Å². The summed E-state index contributed by atoms with van der Waals surface area (Å²) in [7, 11) is 0. The number of H-pyrrole nitrogens is 1. The molecule has 3 aromatic rings. The SMILES string of the molecule is O=C(O)c1cc(F)cc2nc(Nc3cccc(Cl)c3Cl)[nH]c12. The molecule has 0 aliphatic rings. The van der Waals surface area contributed by atoms with E-state index in [-0.39, 0.29) is 22.5 Å². The number of benzene rings is 2. The van der Waals surface area contributed by atoms with Crippen LogP contribution in [0.15, 0.2) is 30.3 Å². The number of aromatic amines is 1. The Hall–Kier alpha value is -2.31. The van der Waals surface area contributed by atoms with E-state index < -0.39 is 11.8 Å². The molecule has 3 rings (SSSR count). The zero-order chi connectivity index (χ0) is 15.9. The number of carbonyl (C=O) groups is 1. The lowest BCUT2D eigenvalue weighted by Gasteiger charge is -2.06. The van der Waals surface area contributed by atoms with Gasteiger partial charge in [-0.2, -0.15) is 0 Å². The van der Waals surface area contributed by atoms with Crippen LogP contribution < -0.4 is 5.32 Å². The fraction of sp³-hybridized carbons (Fsp3) is 0. The summed E-state index contributed by atoms with van der Waals surface area (Å²) in [5.41, 5.74) is 0.700. The van der Waals surface area contributed by atoms with Crippen LogP contribution in [0.3, 0.4) is 0 Å². The van der Waals surface area contributed by atoms with E-state index in [9.17, 15) is 9.18 Å². The van der Waals surface area contributed by atoms with Crippen LogP contribution in [0.4, 0.5) is 16.0 Å². The first kappa shape index (κ1) is 14.6. The first-order valence-electron chi connectivity index (χ1n) is 6.09. The minimum Gasteiger partial charge on any atom is -0.478 e. The van der Waals surface area contributed by atoms with Gasteiger partial charge in [0, 0.05) is 6.07 Å². The van der Waals surface area contributed by atoms with Gasteiger partial charge in [0.2, 0.25) is 5.95 Å². The van der Waals surface area contributed by atoms with Crippen LogP contribution in [0.2, 0.25) is 10.0 Å². The molecule has 0 aliphatic heterocycles. The Morgan fingerprint density at radius 1 is 1.32 bits per heavy atom. The molecule has 1 aromatic heterocycles. The molecular formula is C14H8Cl2FN3O2. The number of nitrogens with zero attached hydrogens (tertiary/aromatic N) is 1. The van der Waals surface area contributed by atoms with Crippen LogP contribution in [0.5, 0.6) is 0 Å². The Labute approximate surface area is 133 Å². The predicted molar refractivity (Wildman–Crippen MR) is 82.8 cm³/mol. The van der Waals surface area contributed by atoms with Crippen LogP contribution in [-0.4, -0.2) is 21.0 Å². The van der Waals surface area contributed by atoms with E-state index in [0.717, 1.165) is 12.1 Å². The minimum absolute atomic E-state index is 0.193. The number of nitrogens with one attached hydrogen (secondary N) is 2. The number of rotatable bonds is 3. The highest BCUT2D eigenvalue weighted by molar-refractivity contribution is 6.43. The molecule has 2 aromatic carbocycles. The van der Waals surface area contributed by atoms with E-state index in [1.54, 1.807) is 18.2 Å². The van der Waals surface area contributed by atoms with Gasteiger partial charge in [-0.3, -0.25) is 0 Å². The van der Waals surface area contributed by atoms with E-state index in [1.807, 2.05) is 0 Å². The lowest BCUT2D eigenvalue weighted by atomic mass is 10.2. The molecular weight excluding hydrogens is 332 g/mol. The summed E-state index contributed by atoms with van der Waals surface area (Å²) in [6, 6.07) is 7.08. The number of carboxylic acid groups (broad SMARTS) is 1. The fourth-order valence-electron chi connectivity index (χ4n) is 2.03. The minimum atomic E-state index is -1.25. The van der Waals surface area contributed by atoms with Gasteiger partial charge in [0.1, 0.15) is 5.82 Å². The molecule has 5 nitrogen and oxygen atoms in total. The lowest BCUT2D eigenvalue weighted by molar-refractivity contribution is 0.0698. The Morgan fingerprint density at radius 3 is 2.82 bits per heavy atom. The smallest absolute Gasteiger partial charge is 0.338 e. The topological polar surface area (TPSA) is 78.0 Å². The van der Waals surface area contributed by atoms with Crippen molar-refractivity contribution in [2.45, 2.75) is 0 Å². The third-order valence-electron chi connectivity index (χ3n) is 2.99. The predicted octanol–water partition coefficient (Wildman–Crippen LogP) is 4.45. The molecule has 0 unspecified atom stereocenters. The molecule has 22 heavy (non-hydrogen) atoms. The number of carboxylic acids is 1. The van der Waals surface area contributed by atoms with Crippen molar-refractivity contribution in [1.82, 2.24) is 9.97 Å². The fourth-order valence-corrected chi connectivity index (χ4v) is 2.38. The molecule has 0 atom stereocenters. The average molecular weight is 340 g/mol. The van der Waals surface area contributed by atoms with Gasteiger partial charge in [-0.25, -0.2) is 14.2 Å². The van der Waals surface area contributed by atoms with Gasteiger partial charge in [0.05, 0.1) is 32.3 Å². The summed E-state index contributed by atoms with van der Waals surface area (Å²) in [6.07, 6.45) is 0. The van der Waals surface area contributed by atoms with Crippen molar-refractivity contribution in [3.63, 3.8) is 0 Å². The zero-order valence-corrected chi connectivity index (χ0v) is 12.3. The van der Waals surface area contributed by atoms with E-state index in [2.05, 4.69) is 15.3 Å². The normalized spacial score (nSPS) is 10.9. The van der Waals surface area contributed by atoms with Gasteiger partial charge in [0.25, 0.3) is 0 Å². The van der Waals surface area contributed by atoms with Crippen LogP contribution in [-0.2, 0) is 0 Å². The van der Waals surface area contributed by atoms with Crippen molar-refractivity contribution in [3.05, 3.63) is 51.8 Å². The van der Waals surface area contributed by atoms with Crippen molar-refractivity contribution < 1.29 is 14.3 Å². The second kappa shape index (κ2) is 5.47. The Balaban J connectivity index is 2.07. The lowest BCUT2D eigenvalue weighted by Crippen LogP contribution is -1.98. The van der Waals surface area contributed by atoms with Crippen molar-refractivity contribution in [2.24, 2.45) is 0 Å². The number of anilines is 2. The van der Waals surface area contributed by atoms with E-state index in [1.165, 1.54) is 0 Å². The Kier molecular flexibility index (Phi) is 3.64. The quantitative estimate of drug-likeness (QED) is 0.658. The number of hydrogen-bond donors (Lipinski definition) is 3. The molecule has 112 valence electrons. The molecule has 0 radical (unpaired) electrons. The summed E-state index contributed by atoms with van der Waals surface area (Å²) in [5.74, 6) is -1.70.